The highest BCUT2D eigenvalue weighted by Crippen LogP contribution is 2.25. The Labute approximate surface area is 130 Å². The van der Waals surface area contributed by atoms with E-state index in [1.54, 1.807) is 6.33 Å². The van der Waals surface area contributed by atoms with E-state index in [1.165, 1.54) is 0 Å². The van der Waals surface area contributed by atoms with Gasteiger partial charge >= 0.3 is 0 Å². The van der Waals surface area contributed by atoms with Crippen molar-refractivity contribution in [3.63, 3.8) is 0 Å². The van der Waals surface area contributed by atoms with Crippen LogP contribution in [0.3, 0.4) is 0 Å². The van der Waals surface area contributed by atoms with Gasteiger partial charge in [0.05, 0.1) is 6.33 Å². The van der Waals surface area contributed by atoms with Crippen LogP contribution in [-0.2, 0) is 0 Å². The van der Waals surface area contributed by atoms with Crippen LogP contribution in [0.4, 0.5) is 17.5 Å². The number of hydrogen-bond donors (Lipinski definition) is 3. The van der Waals surface area contributed by atoms with Gasteiger partial charge in [0.1, 0.15) is 5.52 Å². The number of anilines is 3. The van der Waals surface area contributed by atoms with E-state index >= 15 is 0 Å². The minimum absolute atomic E-state index is 0.563. The standard InChI is InChI=1S/C14H15BrN6/c1-3-16-14-20-12-11(17-7-18-12)13(21-14)19-9-4-5-10(15)8(2)6-9/h4-7H,3H2,1-2H3,(H3,16,17,18,19,20,21). The average molecular weight is 347 g/mol. The van der Waals surface area contributed by atoms with Crippen LogP contribution < -0.4 is 10.6 Å². The SMILES string of the molecule is CCNc1nc(Nc2ccc(Br)c(C)c2)c2[nH]cnc2n1. The summed E-state index contributed by atoms with van der Waals surface area (Å²) in [6.07, 6.45) is 1.62. The molecule has 0 saturated carbocycles. The van der Waals surface area contributed by atoms with E-state index in [0.29, 0.717) is 17.4 Å². The molecule has 3 N–H and O–H groups in total. The molecule has 2 aromatic heterocycles. The smallest absolute Gasteiger partial charge is 0.226 e. The Morgan fingerprint density at radius 1 is 1.29 bits per heavy atom. The summed E-state index contributed by atoms with van der Waals surface area (Å²) < 4.78 is 1.08. The number of benzene rings is 1. The molecule has 0 radical (unpaired) electrons. The number of H-pyrrole nitrogens is 1. The van der Waals surface area contributed by atoms with Gasteiger partial charge in [-0.1, -0.05) is 15.9 Å². The van der Waals surface area contributed by atoms with Gasteiger partial charge in [0.15, 0.2) is 11.5 Å². The molecule has 0 aliphatic carbocycles. The fraction of sp³-hybridized carbons (Fsp3) is 0.214. The van der Waals surface area contributed by atoms with Crippen molar-refractivity contribution in [2.75, 3.05) is 17.2 Å². The number of aromatic nitrogens is 4. The molecule has 0 bridgehead atoms. The number of rotatable bonds is 4. The van der Waals surface area contributed by atoms with Crippen LogP contribution in [0.2, 0.25) is 0 Å². The molecular formula is C14H15BrN6. The van der Waals surface area contributed by atoms with E-state index < -0.39 is 0 Å². The fourth-order valence-electron chi connectivity index (χ4n) is 2.02. The first kappa shape index (κ1) is 13.8. The van der Waals surface area contributed by atoms with Crippen molar-refractivity contribution in [1.82, 2.24) is 19.9 Å². The molecule has 0 aliphatic heterocycles. The summed E-state index contributed by atoms with van der Waals surface area (Å²) in [6, 6.07) is 6.06. The number of nitrogens with one attached hydrogen (secondary N) is 3. The first-order valence-corrected chi connectivity index (χ1v) is 7.45. The molecule has 0 saturated heterocycles. The lowest BCUT2D eigenvalue weighted by molar-refractivity contribution is 1.10. The Morgan fingerprint density at radius 2 is 2.14 bits per heavy atom. The normalized spacial score (nSPS) is 10.8. The van der Waals surface area contributed by atoms with Gasteiger partial charge in [-0.05, 0) is 37.6 Å². The third-order valence-electron chi connectivity index (χ3n) is 3.04. The molecule has 0 atom stereocenters. The Bertz CT molecular complexity index is 782. The molecule has 0 amide bonds. The molecule has 3 rings (SSSR count). The molecule has 7 heteroatoms. The number of aromatic amines is 1. The van der Waals surface area contributed by atoms with E-state index in [-0.39, 0.29) is 0 Å². The molecule has 2 heterocycles. The summed E-state index contributed by atoms with van der Waals surface area (Å²) in [7, 11) is 0. The highest BCUT2D eigenvalue weighted by molar-refractivity contribution is 9.10. The lowest BCUT2D eigenvalue weighted by Gasteiger charge is -2.10. The zero-order chi connectivity index (χ0) is 14.8. The van der Waals surface area contributed by atoms with Crippen molar-refractivity contribution in [3.8, 4) is 0 Å². The predicted octanol–water partition coefficient (Wildman–Crippen LogP) is 3.60. The molecule has 1 aromatic carbocycles. The molecule has 0 aliphatic rings. The number of aryl methyl sites for hydroxylation is 1. The van der Waals surface area contributed by atoms with Crippen molar-refractivity contribution >= 4 is 44.5 Å². The Kier molecular flexibility index (Phi) is 3.74. The zero-order valence-electron chi connectivity index (χ0n) is 11.7. The number of imidazole rings is 1. The van der Waals surface area contributed by atoms with Gasteiger partial charge < -0.3 is 15.6 Å². The quantitative estimate of drug-likeness (QED) is 0.672. The van der Waals surface area contributed by atoms with Crippen LogP contribution in [0.5, 0.6) is 0 Å². The third-order valence-corrected chi connectivity index (χ3v) is 3.93. The number of fused-ring (bicyclic) bond motifs is 1. The molecule has 21 heavy (non-hydrogen) atoms. The summed E-state index contributed by atoms with van der Waals surface area (Å²) >= 11 is 3.50. The second-order valence-electron chi connectivity index (χ2n) is 4.62. The van der Waals surface area contributed by atoms with Crippen molar-refractivity contribution in [3.05, 3.63) is 34.6 Å². The Balaban J connectivity index is 2.01. The van der Waals surface area contributed by atoms with Gasteiger partial charge in [-0.15, -0.1) is 0 Å². The van der Waals surface area contributed by atoms with Gasteiger partial charge in [-0.3, -0.25) is 0 Å². The molecule has 0 unspecified atom stereocenters. The topological polar surface area (TPSA) is 78.5 Å². The van der Waals surface area contributed by atoms with Crippen molar-refractivity contribution in [2.24, 2.45) is 0 Å². The van der Waals surface area contributed by atoms with Gasteiger partial charge in [0.2, 0.25) is 5.95 Å². The zero-order valence-corrected chi connectivity index (χ0v) is 13.3. The Morgan fingerprint density at radius 3 is 2.90 bits per heavy atom. The number of halogens is 1. The van der Waals surface area contributed by atoms with Crippen molar-refractivity contribution in [2.45, 2.75) is 13.8 Å². The molecular weight excluding hydrogens is 332 g/mol. The molecule has 108 valence electrons. The highest BCUT2D eigenvalue weighted by atomic mass is 79.9. The summed E-state index contributed by atoms with van der Waals surface area (Å²) in [5.41, 5.74) is 3.55. The summed E-state index contributed by atoms with van der Waals surface area (Å²) in [4.78, 5) is 16.1. The second-order valence-corrected chi connectivity index (χ2v) is 5.47. The van der Waals surface area contributed by atoms with Gasteiger partial charge in [-0.25, -0.2) is 4.98 Å². The van der Waals surface area contributed by atoms with Crippen LogP contribution >= 0.6 is 15.9 Å². The van der Waals surface area contributed by atoms with E-state index in [9.17, 15) is 0 Å². The van der Waals surface area contributed by atoms with Gasteiger partial charge in [0.25, 0.3) is 0 Å². The highest BCUT2D eigenvalue weighted by Gasteiger charge is 2.10. The lowest BCUT2D eigenvalue weighted by atomic mass is 10.2. The van der Waals surface area contributed by atoms with E-state index in [0.717, 1.165) is 27.8 Å². The van der Waals surface area contributed by atoms with Crippen LogP contribution in [0.15, 0.2) is 29.0 Å². The average Bonchev–Trinajstić information content (AvgIpc) is 2.92. The van der Waals surface area contributed by atoms with Gasteiger partial charge in [-0.2, -0.15) is 9.97 Å². The van der Waals surface area contributed by atoms with Gasteiger partial charge in [0, 0.05) is 16.7 Å². The van der Waals surface area contributed by atoms with E-state index in [1.807, 2.05) is 26.0 Å². The third kappa shape index (κ3) is 2.82. The first-order chi connectivity index (χ1) is 10.2. The summed E-state index contributed by atoms with van der Waals surface area (Å²) in [6.45, 7) is 4.81. The lowest BCUT2D eigenvalue weighted by Crippen LogP contribution is -2.05. The van der Waals surface area contributed by atoms with E-state index in [2.05, 4.69) is 52.6 Å². The second kappa shape index (κ2) is 5.69. The minimum atomic E-state index is 0.563. The molecule has 3 aromatic rings. The largest absolute Gasteiger partial charge is 0.354 e. The fourth-order valence-corrected chi connectivity index (χ4v) is 2.27. The maximum atomic E-state index is 4.49. The van der Waals surface area contributed by atoms with Crippen LogP contribution in [0.25, 0.3) is 11.2 Å². The molecule has 6 nitrogen and oxygen atoms in total. The predicted molar refractivity (Wildman–Crippen MR) is 88.0 cm³/mol. The van der Waals surface area contributed by atoms with Crippen LogP contribution in [0.1, 0.15) is 12.5 Å². The number of nitrogens with zero attached hydrogens (tertiary/aromatic N) is 3. The Hall–Kier alpha value is -2.15. The monoisotopic (exact) mass is 346 g/mol. The molecule has 0 fully saturated rings. The number of hydrogen-bond acceptors (Lipinski definition) is 5. The van der Waals surface area contributed by atoms with Crippen molar-refractivity contribution in [1.29, 1.82) is 0 Å². The summed E-state index contributed by atoms with van der Waals surface area (Å²) in [5.74, 6) is 1.27. The summed E-state index contributed by atoms with van der Waals surface area (Å²) in [5, 5.41) is 6.43. The van der Waals surface area contributed by atoms with Crippen LogP contribution in [-0.4, -0.2) is 26.5 Å². The van der Waals surface area contributed by atoms with Crippen molar-refractivity contribution < 1.29 is 0 Å². The van der Waals surface area contributed by atoms with E-state index in [4.69, 9.17) is 0 Å². The minimum Gasteiger partial charge on any atom is -0.354 e. The maximum absolute atomic E-state index is 4.49. The van der Waals surface area contributed by atoms with Crippen LogP contribution in [0, 0.1) is 6.92 Å². The molecule has 0 spiro atoms. The maximum Gasteiger partial charge on any atom is 0.226 e. The first-order valence-electron chi connectivity index (χ1n) is 6.65.